The quantitative estimate of drug-likeness (QED) is 0.825. The molecule has 0 aliphatic heterocycles. The van der Waals surface area contributed by atoms with E-state index in [1.165, 1.54) is 0 Å². The van der Waals surface area contributed by atoms with E-state index in [0.717, 1.165) is 28.9 Å². The van der Waals surface area contributed by atoms with Gasteiger partial charge in [-0.25, -0.2) is 4.98 Å². The van der Waals surface area contributed by atoms with Gasteiger partial charge in [0.25, 0.3) is 0 Å². The SMILES string of the molecule is CCc1nc(N)c(C#N)c(-c2ccc[nH]2)c1C. The van der Waals surface area contributed by atoms with Crippen molar-refractivity contribution in [3.05, 3.63) is 35.2 Å². The molecule has 0 saturated carbocycles. The van der Waals surface area contributed by atoms with Gasteiger partial charge < -0.3 is 10.7 Å². The molecule has 2 heterocycles. The highest BCUT2D eigenvalue weighted by Gasteiger charge is 2.16. The molecular formula is C13H14N4. The molecule has 0 fully saturated rings. The van der Waals surface area contributed by atoms with Gasteiger partial charge in [0, 0.05) is 23.1 Å². The van der Waals surface area contributed by atoms with E-state index in [0.29, 0.717) is 11.4 Å². The lowest BCUT2D eigenvalue weighted by Gasteiger charge is -2.12. The van der Waals surface area contributed by atoms with Crippen molar-refractivity contribution in [1.82, 2.24) is 9.97 Å². The first-order valence-corrected chi connectivity index (χ1v) is 5.51. The Labute approximate surface area is 100 Å². The van der Waals surface area contributed by atoms with Gasteiger partial charge in [0.05, 0.1) is 0 Å². The van der Waals surface area contributed by atoms with E-state index in [-0.39, 0.29) is 0 Å². The van der Waals surface area contributed by atoms with Crippen LogP contribution in [0.5, 0.6) is 0 Å². The minimum atomic E-state index is 0.305. The molecule has 0 aliphatic rings. The van der Waals surface area contributed by atoms with Crippen LogP contribution in [0.4, 0.5) is 5.82 Å². The van der Waals surface area contributed by atoms with Crippen LogP contribution < -0.4 is 5.73 Å². The summed E-state index contributed by atoms with van der Waals surface area (Å²) in [6.45, 7) is 4.00. The zero-order valence-corrected chi connectivity index (χ0v) is 9.91. The number of aryl methyl sites for hydroxylation is 1. The highest BCUT2D eigenvalue weighted by molar-refractivity contribution is 5.76. The van der Waals surface area contributed by atoms with E-state index in [2.05, 4.69) is 16.0 Å². The number of nitriles is 1. The van der Waals surface area contributed by atoms with E-state index in [1.54, 1.807) is 0 Å². The number of hydrogen-bond acceptors (Lipinski definition) is 3. The van der Waals surface area contributed by atoms with Crippen LogP contribution in [0.2, 0.25) is 0 Å². The van der Waals surface area contributed by atoms with Crippen molar-refractivity contribution in [2.24, 2.45) is 0 Å². The Bertz CT molecular complexity index is 576. The van der Waals surface area contributed by atoms with Gasteiger partial charge in [-0.1, -0.05) is 6.92 Å². The molecule has 17 heavy (non-hydrogen) atoms. The third-order valence-corrected chi connectivity index (χ3v) is 2.88. The van der Waals surface area contributed by atoms with Gasteiger partial charge in [-0.15, -0.1) is 0 Å². The molecule has 0 saturated heterocycles. The Balaban J connectivity index is 2.80. The lowest BCUT2D eigenvalue weighted by atomic mass is 9.98. The Morgan fingerprint density at radius 1 is 1.53 bits per heavy atom. The van der Waals surface area contributed by atoms with Gasteiger partial charge in [-0.05, 0) is 31.0 Å². The molecule has 2 aromatic rings. The van der Waals surface area contributed by atoms with Gasteiger partial charge in [0.1, 0.15) is 17.5 Å². The van der Waals surface area contributed by atoms with Crippen LogP contribution in [-0.2, 0) is 6.42 Å². The third kappa shape index (κ3) is 1.76. The van der Waals surface area contributed by atoms with Gasteiger partial charge in [-0.2, -0.15) is 5.26 Å². The van der Waals surface area contributed by atoms with Crippen LogP contribution in [0, 0.1) is 18.3 Å². The van der Waals surface area contributed by atoms with Crippen molar-refractivity contribution < 1.29 is 0 Å². The fraction of sp³-hybridized carbons (Fsp3) is 0.231. The van der Waals surface area contributed by atoms with Gasteiger partial charge >= 0.3 is 0 Å². The highest BCUT2D eigenvalue weighted by Crippen LogP contribution is 2.30. The number of aromatic nitrogens is 2. The topological polar surface area (TPSA) is 78.5 Å². The molecule has 3 N–H and O–H groups in total. The lowest BCUT2D eigenvalue weighted by molar-refractivity contribution is 1.01. The number of aromatic amines is 1. The number of nitrogens with two attached hydrogens (primary N) is 1. The Kier molecular flexibility index (Phi) is 2.84. The van der Waals surface area contributed by atoms with E-state index in [4.69, 9.17) is 5.73 Å². The molecule has 0 amide bonds. The van der Waals surface area contributed by atoms with Crippen LogP contribution in [0.1, 0.15) is 23.7 Å². The van der Waals surface area contributed by atoms with Crippen LogP contribution in [-0.4, -0.2) is 9.97 Å². The molecule has 2 aromatic heterocycles. The average Bonchev–Trinajstić information content (AvgIpc) is 2.84. The Morgan fingerprint density at radius 3 is 2.82 bits per heavy atom. The number of hydrogen-bond donors (Lipinski definition) is 2. The molecule has 0 bridgehead atoms. The first-order valence-electron chi connectivity index (χ1n) is 5.51. The summed E-state index contributed by atoms with van der Waals surface area (Å²) in [4.78, 5) is 7.39. The summed E-state index contributed by atoms with van der Waals surface area (Å²) in [5, 5.41) is 9.20. The second-order valence-corrected chi connectivity index (χ2v) is 3.87. The molecule has 4 nitrogen and oxygen atoms in total. The van der Waals surface area contributed by atoms with Crippen LogP contribution >= 0.6 is 0 Å². The smallest absolute Gasteiger partial charge is 0.142 e. The molecule has 0 aromatic carbocycles. The van der Waals surface area contributed by atoms with Gasteiger partial charge in [0.15, 0.2) is 0 Å². The van der Waals surface area contributed by atoms with Crippen LogP contribution in [0.3, 0.4) is 0 Å². The summed E-state index contributed by atoms with van der Waals surface area (Å²) in [6, 6.07) is 5.97. The maximum atomic E-state index is 9.20. The predicted octanol–water partition coefficient (Wildman–Crippen LogP) is 2.40. The molecule has 86 valence electrons. The summed E-state index contributed by atoms with van der Waals surface area (Å²) in [6.07, 6.45) is 2.63. The van der Waals surface area contributed by atoms with Crippen LogP contribution in [0.15, 0.2) is 18.3 Å². The van der Waals surface area contributed by atoms with E-state index < -0.39 is 0 Å². The number of nitrogens with one attached hydrogen (secondary N) is 1. The molecule has 2 rings (SSSR count). The van der Waals surface area contributed by atoms with E-state index >= 15 is 0 Å². The molecule has 0 radical (unpaired) electrons. The molecular weight excluding hydrogens is 212 g/mol. The predicted molar refractivity (Wildman–Crippen MR) is 67.3 cm³/mol. The number of rotatable bonds is 2. The maximum Gasteiger partial charge on any atom is 0.142 e. The summed E-state index contributed by atoms with van der Waals surface area (Å²) in [7, 11) is 0. The number of H-pyrrole nitrogens is 1. The van der Waals surface area contributed by atoms with Crippen molar-refractivity contribution in [3.8, 4) is 17.3 Å². The monoisotopic (exact) mass is 226 g/mol. The van der Waals surface area contributed by atoms with Crippen molar-refractivity contribution in [2.45, 2.75) is 20.3 Å². The maximum absolute atomic E-state index is 9.20. The number of pyridine rings is 1. The zero-order valence-electron chi connectivity index (χ0n) is 9.91. The van der Waals surface area contributed by atoms with Crippen molar-refractivity contribution in [1.29, 1.82) is 5.26 Å². The first-order chi connectivity index (χ1) is 8.19. The zero-order chi connectivity index (χ0) is 12.4. The molecule has 4 heteroatoms. The molecule has 0 aliphatic carbocycles. The molecule has 0 atom stereocenters. The highest BCUT2D eigenvalue weighted by atomic mass is 14.9. The molecule has 0 spiro atoms. The van der Waals surface area contributed by atoms with Gasteiger partial charge in [-0.3, -0.25) is 0 Å². The standard InChI is InChI=1S/C13H14N4/c1-3-10-8(2)12(11-5-4-6-16-11)9(7-14)13(15)17-10/h4-6,16H,3H2,1-2H3,(H2,15,17). The van der Waals surface area contributed by atoms with Crippen molar-refractivity contribution in [3.63, 3.8) is 0 Å². The van der Waals surface area contributed by atoms with Crippen molar-refractivity contribution >= 4 is 5.82 Å². The third-order valence-electron chi connectivity index (χ3n) is 2.88. The number of anilines is 1. The largest absolute Gasteiger partial charge is 0.383 e. The Morgan fingerprint density at radius 2 is 2.29 bits per heavy atom. The summed E-state index contributed by atoms with van der Waals surface area (Å²) >= 11 is 0. The summed E-state index contributed by atoms with van der Waals surface area (Å²) < 4.78 is 0. The normalized spacial score (nSPS) is 10.2. The lowest BCUT2D eigenvalue weighted by Crippen LogP contribution is -2.05. The second-order valence-electron chi connectivity index (χ2n) is 3.87. The van der Waals surface area contributed by atoms with Crippen molar-refractivity contribution in [2.75, 3.05) is 5.73 Å². The van der Waals surface area contributed by atoms with E-state index in [1.807, 2.05) is 32.2 Å². The first kappa shape index (κ1) is 11.2. The summed E-state index contributed by atoms with van der Waals surface area (Å²) in [5.74, 6) is 0.305. The number of nitrogens with zero attached hydrogens (tertiary/aromatic N) is 2. The molecule has 0 unspecified atom stereocenters. The van der Waals surface area contributed by atoms with Crippen LogP contribution in [0.25, 0.3) is 11.3 Å². The van der Waals surface area contributed by atoms with Gasteiger partial charge in [0.2, 0.25) is 0 Å². The minimum absolute atomic E-state index is 0.305. The fourth-order valence-corrected chi connectivity index (χ4v) is 2.02. The summed E-state index contributed by atoms with van der Waals surface area (Å²) in [5.41, 5.74) is 10.0. The fourth-order valence-electron chi connectivity index (χ4n) is 2.02. The minimum Gasteiger partial charge on any atom is -0.383 e. The number of nitrogen functional groups attached to an aromatic ring is 1. The average molecular weight is 226 g/mol. The Hall–Kier alpha value is -2.28. The second kappa shape index (κ2) is 4.30. The van der Waals surface area contributed by atoms with E-state index in [9.17, 15) is 5.26 Å².